The molecule has 0 aliphatic rings. The Labute approximate surface area is 140 Å². The highest BCUT2D eigenvalue weighted by Crippen LogP contribution is 2.29. The van der Waals surface area contributed by atoms with E-state index in [2.05, 4.69) is 20.3 Å². The molecule has 3 rings (SSSR count). The van der Waals surface area contributed by atoms with Crippen molar-refractivity contribution in [2.24, 2.45) is 0 Å². The quantitative estimate of drug-likeness (QED) is 0.751. The van der Waals surface area contributed by atoms with Crippen molar-refractivity contribution in [1.29, 1.82) is 0 Å². The molecular weight excluding hydrogens is 333 g/mol. The Morgan fingerprint density at radius 2 is 1.84 bits per heavy atom. The van der Waals surface area contributed by atoms with E-state index >= 15 is 0 Å². The van der Waals surface area contributed by atoms with Gasteiger partial charge < -0.3 is 10.3 Å². The minimum Gasteiger partial charge on any atom is -0.363 e. The lowest BCUT2D eigenvalue weighted by molar-refractivity contribution is 0.146. The van der Waals surface area contributed by atoms with Crippen molar-refractivity contribution >= 4 is 16.9 Å². The van der Waals surface area contributed by atoms with Gasteiger partial charge in [0.25, 0.3) is 6.43 Å². The van der Waals surface area contributed by atoms with Crippen molar-refractivity contribution in [3.05, 3.63) is 63.5 Å². The molecule has 0 aliphatic heterocycles. The lowest BCUT2D eigenvalue weighted by Gasteiger charge is -2.18. The Morgan fingerprint density at radius 3 is 2.56 bits per heavy atom. The fourth-order valence-electron chi connectivity index (χ4n) is 2.62. The molecule has 0 aliphatic carbocycles. The van der Waals surface area contributed by atoms with Gasteiger partial charge in [0.05, 0.1) is 17.0 Å². The summed E-state index contributed by atoms with van der Waals surface area (Å²) in [6.07, 6.45) is -2.89. The summed E-state index contributed by atoms with van der Waals surface area (Å²) in [4.78, 5) is 22.5. The van der Waals surface area contributed by atoms with Crippen molar-refractivity contribution in [2.45, 2.75) is 26.3 Å². The highest BCUT2D eigenvalue weighted by atomic mass is 19.3. The van der Waals surface area contributed by atoms with Gasteiger partial charge >= 0.3 is 0 Å². The number of fused-ring (bicyclic) bond motifs is 1. The topological polar surface area (TPSA) is 70.7 Å². The molecule has 0 amide bonds. The maximum atomic E-state index is 14.3. The summed E-state index contributed by atoms with van der Waals surface area (Å²) < 4.78 is 40.1. The number of hydrogen-bond acceptors (Lipinski definition) is 4. The van der Waals surface area contributed by atoms with E-state index in [1.54, 1.807) is 19.9 Å². The summed E-state index contributed by atoms with van der Waals surface area (Å²) >= 11 is 0. The molecule has 130 valence electrons. The molecule has 0 spiro atoms. The lowest BCUT2D eigenvalue weighted by atomic mass is 10.0. The van der Waals surface area contributed by atoms with Crippen LogP contribution in [-0.2, 0) is 0 Å². The number of alkyl halides is 2. The van der Waals surface area contributed by atoms with Crippen molar-refractivity contribution in [3.8, 4) is 0 Å². The first-order valence-electron chi connectivity index (χ1n) is 7.57. The van der Waals surface area contributed by atoms with E-state index < -0.39 is 23.8 Å². The molecular formula is C17H15F3N4O. The zero-order valence-electron chi connectivity index (χ0n) is 13.5. The molecule has 3 aromatic rings. The molecule has 0 bridgehead atoms. The average Bonchev–Trinajstić information content (AvgIpc) is 2.53. The Balaban J connectivity index is 2.02. The average molecular weight is 348 g/mol. The molecule has 0 saturated carbocycles. The monoisotopic (exact) mass is 348 g/mol. The van der Waals surface area contributed by atoms with Crippen molar-refractivity contribution < 1.29 is 13.2 Å². The van der Waals surface area contributed by atoms with Gasteiger partial charge in [-0.1, -0.05) is 18.2 Å². The number of nitrogens with one attached hydrogen (secondary N) is 2. The van der Waals surface area contributed by atoms with Gasteiger partial charge in [-0.2, -0.15) is 0 Å². The largest absolute Gasteiger partial charge is 0.363 e. The number of benzene rings is 1. The lowest BCUT2D eigenvalue weighted by Crippen LogP contribution is -2.13. The molecule has 1 aromatic carbocycles. The minimum absolute atomic E-state index is 0.103. The van der Waals surface area contributed by atoms with E-state index in [4.69, 9.17) is 0 Å². The summed E-state index contributed by atoms with van der Waals surface area (Å²) in [6, 6.07) is 6.15. The molecule has 2 aromatic heterocycles. The molecule has 2 N–H and O–H groups in total. The molecule has 2 heterocycles. The zero-order valence-corrected chi connectivity index (χ0v) is 13.5. The summed E-state index contributed by atoms with van der Waals surface area (Å²) in [6.45, 7) is 3.29. The second kappa shape index (κ2) is 6.54. The van der Waals surface area contributed by atoms with Crippen LogP contribution in [0.25, 0.3) is 11.0 Å². The predicted molar refractivity (Wildman–Crippen MR) is 88.3 cm³/mol. The molecule has 8 heteroatoms. The van der Waals surface area contributed by atoms with Crippen molar-refractivity contribution in [3.63, 3.8) is 0 Å². The number of rotatable bonds is 4. The summed E-state index contributed by atoms with van der Waals surface area (Å²) in [7, 11) is 0. The third-order valence-electron chi connectivity index (χ3n) is 3.81. The first-order chi connectivity index (χ1) is 11.9. The summed E-state index contributed by atoms with van der Waals surface area (Å²) in [5, 5.41) is 3.55. The van der Waals surface area contributed by atoms with Crippen LogP contribution < -0.4 is 10.9 Å². The van der Waals surface area contributed by atoms with Gasteiger partial charge in [0, 0.05) is 11.6 Å². The summed E-state index contributed by atoms with van der Waals surface area (Å²) in [5.74, 6) is -0.153. The number of nitrogens with zero attached hydrogens (tertiary/aromatic N) is 2. The van der Waals surface area contributed by atoms with Gasteiger partial charge in [-0.3, -0.25) is 4.79 Å². The first-order valence-corrected chi connectivity index (χ1v) is 7.57. The van der Waals surface area contributed by atoms with Crippen molar-refractivity contribution in [1.82, 2.24) is 15.0 Å². The van der Waals surface area contributed by atoms with Gasteiger partial charge in [0.15, 0.2) is 0 Å². The molecule has 1 atom stereocenters. The standard InChI is InChI=1S/C17H15F3N4O/c1-8(10-4-3-5-11(14(10)18)15(19)20)21-16-12-6-7-13(25)24-17(12)23-9(2)22-16/h3-8,15H,1-2H3,(H2,21,22,23,24,25). The Bertz CT molecular complexity index is 987. The highest BCUT2D eigenvalue weighted by molar-refractivity contribution is 5.86. The van der Waals surface area contributed by atoms with Crippen LogP contribution >= 0.6 is 0 Å². The number of aromatic amines is 1. The van der Waals surface area contributed by atoms with Gasteiger partial charge in [0.2, 0.25) is 5.56 Å². The van der Waals surface area contributed by atoms with Gasteiger partial charge in [0.1, 0.15) is 23.1 Å². The van der Waals surface area contributed by atoms with E-state index in [0.717, 1.165) is 6.07 Å². The van der Waals surface area contributed by atoms with Crippen LogP contribution in [0.15, 0.2) is 35.1 Å². The number of halogens is 3. The Hall–Kier alpha value is -2.90. The number of aromatic nitrogens is 3. The fourth-order valence-corrected chi connectivity index (χ4v) is 2.62. The van der Waals surface area contributed by atoms with E-state index in [0.29, 0.717) is 22.7 Å². The van der Waals surface area contributed by atoms with Crippen LogP contribution in [0.4, 0.5) is 19.0 Å². The predicted octanol–water partition coefficient (Wildman–Crippen LogP) is 3.88. The zero-order chi connectivity index (χ0) is 18.1. The maximum absolute atomic E-state index is 14.3. The van der Waals surface area contributed by atoms with Crippen LogP contribution in [0.2, 0.25) is 0 Å². The Morgan fingerprint density at radius 1 is 1.12 bits per heavy atom. The highest BCUT2D eigenvalue weighted by Gasteiger charge is 2.20. The molecule has 0 radical (unpaired) electrons. The molecule has 25 heavy (non-hydrogen) atoms. The normalized spacial score (nSPS) is 12.6. The number of aryl methyl sites for hydroxylation is 1. The second-order valence-corrected chi connectivity index (χ2v) is 5.62. The number of pyridine rings is 1. The van der Waals surface area contributed by atoms with Crippen LogP contribution in [0.1, 0.15) is 36.3 Å². The Kier molecular flexibility index (Phi) is 4.43. The molecule has 0 saturated heterocycles. The molecule has 0 fully saturated rings. The number of H-pyrrole nitrogens is 1. The number of anilines is 1. The number of hydrogen-bond donors (Lipinski definition) is 2. The SMILES string of the molecule is Cc1nc(NC(C)c2cccc(C(F)F)c2F)c2ccc(=O)[nH]c2n1. The van der Waals surface area contributed by atoms with Gasteiger partial charge in [-0.15, -0.1) is 0 Å². The van der Waals surface area contributed by atoms with Gasteiger partial charge in [-0.25, -0.2) is 23.1 Å². The molecule has 5 nitrogen and oxygen atoms in total. The van der Waals surface area contributed by atoms with E-state index in [1.807, 2.05) is 0 Å². The molecule has 1 unspecified atom stereocenters. The second-order valence-electron chi connectivity index (χ2n) is 5.62. The van der Waals surface area contributed by atoms with Crippen LogP contribution in [0, 0.1) is 12.7 Å². The van der Waals surface area contributed by atoms with Gasteiger partial charge in [-0.05, 0) is 19.9 Å². The van der Waals surface area contributed by atoms with E-state index in [1.165, 1.54) is 18.2 Å². The first kappa shape index (κ1) is 16.9. The van der Waals surface area contributed by atoms with Crippen LogP contribution in [-0.4, -0.2) is 15.0 Å². The van der Waals surface area contributed by atoms with Crippen LogP contribution in [0.5, 0.6) is 0 Å². The fraction of sp³-hybridized carbons (Fsp3) is 0.235. The maximum Gasteiger partial charge on any atom is 0.266 e. The third-order valence-corrected chi connectivity index (χ3v) is 3.81. The minimum atomic E-state index is -2.89. The van der Waals surface area contributed by atoms with Crippen LogP contribution in [0.3, 0.4) is 0 Å². The smallest absolute Gasteiger partial charge is 0.266 e. The van der Waals surface area contributed by atoms with E-state index in [-0.39, 0.29) is 11.1 Å². The van der Waals surface area contributed by atoms with E-state index in [9.17, 15) is 18.0 Å². The van der Waals surface area contributed by atoms with Crippen molar-refractivity contribution in [2.75, 3.05) is 5.32 Å². The third kappa shape index (κ3) is 3.33. The summed E-state index contributed by atoms with van der Waals surface area (Å²) in [5.41, 5.74) is -0.498.